The number of rotatable bonds is 10. The van der Waals surface area contributed by atoms with E-state index in [4.69, 9.17) is 4.74 Å². The van der Waals surface area contributed by atoms with Crippen molar-refractivity contribution in [3.8, 4) is 0 Å². The van der Waals surface area contributed by atoms with Gasteiger partial charge in [-0.1, -0.05) is 61.0 Å². The first-order valence-electron chi connectivity index (χ1n) is 10.1. The Morgan fingerprint density at radius 2 is 1.73 bits per heavy atom. The molecule has 6 heteroatoms. The number of hydrogen-bond acceptors (Lipinski definition) is 5. The molecule has 0 spiro atoms. The molecule has 0 radical (unpaired) electrons. The molecule has 1 N–H and O–H groups in total. The van der Waals surface area contributed by atoms with E-state index >= 15 is 0 Å². The Morgan fingerprint density at radius 1 is 1.10 bits per heavy atom. The molecule has 0 aliphatic heterocycles. The molecular weight excluding hydrogens is 400 g/mol. The molecule has 5 nitrogen and oxygen atoms in total. The Balaban J connectivity index is 2.25. The predicted octanol–water partition coefficient (Wildman–Crippen LogP) is 4.38. The summed E-state index contributed by atoms with van der Waals surface area (Å²) in [6.45, 7) is 4.90. The van der Waals surface area contributed by atoms with E-state index in [0.29, 0.717) is 19.3 Å². The van der Waals surface area contributed by atoms with Crippen LogP contribution in [0.4, 0.5) is 0 Å². The smallest absolute Gasteiger partial charge is 0.303 e. The quantitative estimate of drug-likeness (QED) is 0.566. The van der Waals surface area contributed by atoms with Crippen LogP contribution in [0.1, 0.15) is 44.2 Å². The van der Waals surface area contributed by atoms with Crippen molar-refractivity contribution < 1.29 is 23.1 Å². The van der Waals surface area contributed by atoms with Gasteiger partial charge in [0.05, 0.1) is 15.9 Å². The predicted molar refractivity (Wildman–Crippen MR) is 118 cm³/mol. The van der Waals surface area contributed by atoms with Gasteiger partial charge in [-0.3, -0.25) is 4.79 Å². The van der Waals surface area contributed by atoms with Gasteiger partial charge in [0.25, 0.3) is 0 Å². The minimum atomic E-state index is -3.86. The Morgan fingerprint density at radius 3 is 2.30 bits per heavy atom. The zero-order chi connectivity index (χ0) is 22.1. The summed E-state index contributed by atoms with van der Waals surface area (Å²) < 4.78 is 31.8. The molecular formula is C24H30O5S. The molecule has 2 rings (SSSR count). The number of esters is 1. The van der Waals surface area contributed by atoms with Crippen LogP contribution in [0.3, 0.4) is 0 Å². The minimum absolute atomic E-state index is 0.0165. The Kier molecular flexibility index (Phi) is 8.81. The lowest BCUT2D eigenvalue weighted by Gasteiger charge is -2.20. The Hall–Kier alpha value is -2.44. The highest BCUT2D eigenvalue weighted by Crippen LogP contribution is 2.27. The largest absolute Gasteiger partial charge is 0.457 e. The molecule has 2 aromatic carbocycles. The second-order valence-corrected chi connectivity index (χ2v) is 9.29. The standard InChI is InChI=1S/C24H30O5S/c1-4-23(29-19(3)25)24(30(27,28)22-15-10-18(2)11-16-22)17-14-21(26)13-12-20-8-6-5-7-9-20/h5-11,15-17,21,23,26H,4,12-14H2,1-3H3/b24-17+. The lowest BCUT2D eigenvalue weighted by molar-refractivity contribution is -0.144. The van der Waals surface area contributed by atoms with Crippen LogP contribution in [0.5, 0.6) is 0 Å². The molecule has 0 aliphatic carbocycles. The number of aliphatic hydroxyl groups excluding tert-OH is 1. The van der Waals surface area contributed by atoms with Crippen LogP contribution in [-0.2, 0) is 25.8 Å². The third-order valence-electron chi connectivity index (χ3n) is 4.84. The van der Waals surface area contributed by atoms with Crippen molar-refractivity contribution in [3.05, 3.63) is 76.7 Å². The average Bonchev–Trinajstić information content (AvgIpc) is 2.72. The first-order chi connectivity index (χ1) is 14.2. The van der Waals surface area contributed by atoms with Gasteiger partial charge in [0, 0.05) is 6.92 Å². The van der Waals surface area contributed by atoms with Crippen molar-refractivity contribution in [2.45, 2.75) is 63.6 Å². The fourth-order valence-electron chi connectivity index (χ4n) is 3.16. The minimum Gasteiger partial charge on any atom is -0.457 e. The maximum atomic E-state index is 13.3. The molecule has 0 aliphatic rings. The molecule has 0 fully saturated rings. The van der Waals surface area contributed by atoms with Crippen LogP contribution in [0.15, 0.2) is 70.5 Å². The van der Waals surface area contributed by atoms with E-state index in [9.17, 15) is 18.3 Å². The van der Waals surface area contributed by atoms with Gasteiger partial charge in [-0.05, 0) is 50.3 Å². The van der Waals surface area contributed by atoms with Crippen molar-refractivity contribution >= 4 is 15.8 Å². The second kappa shape index (κ2) is 11.1. The summed E-state index contributed by atoms with van der Waals surface area (Å²) >= 11 is 0. The van der Waals surface area contributed by atoms with E-state index in [1.807, 2.05) is 37.3 Å². The number of hydrogen-bond donors (Lipinski definition) is 1. The number of benzene rings is 2. The van der Waals surface area contributed by atoms with Gasteiger partial charge in [-0.2, -0.15) is 0 Å². The van der Waals surface area contributed by atoms with Crippen molar-refractivity contribution in [1.29, 1.82) is 0 Å². The second-order valence-electron chi connectivity index (χ2n) is 7.34. The molecule has 2 unspecified atom stereocenters. The summed E-state index contributed by atoms with van der Waals surface area (Å²) in [4.78, 5) is 11.7. The van der Waals surface area contributed by atoms with Crippen molar-refractivity contribution in [2.75, 3.05) is 0 Å². The van der Waals surface area contributed by atoms with Crippen LogP contribution >= 0.6 is 0 Å². The highest BCUT2D eigenvalue weighted by atomic mass is 32.2. The molecule has 2 atom stereocenters. The van der Waals surface area contributed by atoms with Crippen LogP contribution in [0.25, 0.3) is 0 Å². The maximum absolute atomic E-state index is 13.3. The number of carbonyl (C=O) groups is 1. The summed E-state index contributed by atoms with van der Waals surface area (Å²) in [5.74, 6) is -0.545. The van der Waals surface area contributed by atoms with Crippen molar-refractivity contribution in [2.24, 2.45) is 0 Å². The fraction of sp³-hybridized carbons (Fsp3) is 0.375. The molecule has 0 saturated carbocycles. The first-order valence-corrected chi connectivity index (χ1v) is 11.6. The van der Waals surface area contributed by atoms with Crippen molar-refractivity contribution in [1.82, 2.24) is 0 Å². The zero-order valence-electron chi connectivity index (χ0n) is 17.7. The van der Waals surface area contributed by atoms with Gasteiger partial charge in [0.2, 0.25) is 9.84 Å². The van der Waals surface area contributed by atoms with E-state index in [2.05, 4.69) is 0 Å². The van der Waals surface area contributed by atoms with Crippen LogP contribution in [-0.4, -0.2) is 31.7 Å². The molecule has 0 bridgehead atoms. The van der Waals surface area contributed by atoms with Gasteiger partial charge >= 0.3 is 5.97 Å². The van der Waals surface area contributed by atoms with E-state index in [0.717, 1.165) is 11.1 Å². The van der Waals surface area contributed by atoms with Crippen LogP contribution in [0.2, 0.25) is 0 Å². The Labute approximate surface area is 179 Å². The van der Waals surface area contributed by atoms with Gasteiger partial charge in [-0.15, -0.1) is 0 Å². The highest BCUT2D eigenvalue weighted by Gasteiger charge is 2.29. The molecule has 2 aromatic rings. The summed E-state index contributed by atoms with van der Waals surface area (Å²) in [6, 6.07) is 16.4. The molecule has 30 heavy (non-hydrogen) atoms. The zero-order valence-corrected chi connectivity index (χ0v) is 18.6. The molecule has 0 amide bonds. The SMILES string of the molecule is CCC(OC(C)=O)/C(=C\CC(O)CCc1ccccc1)S(=O)(=O)c1ccc(C)cc1. The third-order valence-corrected chi connectivity index (χ3v) is 6.78. The number of sulfone groups is 1. The van der Waals surface area contributed by atoms with Crippen molar-refractivity contribution in [3.63, 3.8) is 0 Å². The van der Waals surface area contributed by atoms with E-state index < -0.39 is 28.0 Å². The third kappa shape index (κ3) is 6.82. The molecule has 162 valence electrons. The Bertz CT molecular complexity index is 947. The topological polar surface area (TPSA) is 80.7 Å². The molecule has 0 saturated heterocycles. The van der Waals surface area contributed by atoms with E-state index in [1.165, 1.54) is 13.0 Å². The lowest BCUT2D eigenvalue weighted by Crippen LogP contribution is -2.24. The lowest BCUT2D eigenvalue weighted by atomic mass is 10.0. The number of aliphatic hydroxyl groups is 1. The first kappa shape index (κ1) is 23.8. The number of aryl methyl sites for hydroxylation is 2. The maximum Gasteiger partial charge on any atom is 0.303 e. The molecule has 0 heterocycles. The van der Waals surface area contributed by atoms with Gasteiger partial charge in [-0.25, -0.2) is 8.42 Å². The van der Waals surface area contributed by atoms with Gasteiger partial charge in [0.1, 0.15) is 6.10 Å². The number of carbonyl (C=O) groups excluding carboxylic acids is 1. The summed E-state index contributed by atoms with van der Waals surface area (Å²) in [5, 5.41) is 10.4. The fourth-order valence-corrected chi connectivity index (χ4v) is 4.80. The monoisotopic (exact) mass is 430 g/mol. The highest BCUT2D eigenvalue weighted by molar-refractivity contribution is 7.95. The normalized spacial score (nSPS) is 14.2. The van der Waals surface area contributed by atoms with Gasteiger partial charge < -0.3 is 9.84 Å². The summed E-state index contributed by atoms with van der Waals surface area (Å²) in [6.07, 6.45) is 1.57. The van der Waals surface area contributed by atoms with E-state index in [-0.39, 0.29) is 16.2 Å². The van der Waals surface area contributed by atoms with E-state index in [1.54, 1.807) is 31.2 Å². The summed E-state index contributed by atoms with van der Waals surface area (Å²) in [5.41, 5.74) is 2.06. The average molecular weight is 431 g/mol. The molecule has 0 aromatic heterocycles. The van der Waals surface area contributed by atoms with Gasteiger partial charge in [0.15, 0.2) is 0 Å². The van der Waals surface area contributed by atoms with Crippen LogP contribution < -0.4 is 0 Å². The number of ether oxygens (including phenoxy) is 1. The van der Waals surface area contributed by atoms with Crippen LogP contribution in [0, 0.1) is 6.92 Å². The summed E-state index contributed by atoms with van der Waals surface area (Å²) in [7, 11) is -3.86.